The van der Waals surface area contributed by atoms with Gasteiger partial charge in [-0.3, -0.25) is 14.5 Å². The molecular formula is C45H26N4O. The molecule has 0 aliphatic rings. The van der Waals surface area contributed by atoms with Crippen molar-refractivity contribution in [2.24, 2.45) is 0 Å². The molecule has 11 rings (SSSR count). The van der Waals surface area contributed by atoms with Crippen LogP contribution in [0.4, 0.5) is 0 Å². The zero-order valence-corrected chi connectivity index (χ0v) is 26.7. The van der Waals surface area contributed by atoms with E-state index in [1.165, 1.54) is 0 Å². The van der Waals surface area contributed by atoms with E-state index < -0.39 is 0 Å². The van der Waals surface area contributed by atoms with Gasteiger partial charge in [-0.1, -0.05) is 115 Å². The summed E-state index contributed by atoms with van der Waals surface area (Å²) in [5.74, 6) is 0.816. The Balaban J connectivity index is 1.36. The number of nitrogens with zero attached hydrogens (tertiary/aromatic N) is 4. The predicted octanol–water partition coefficient (Wildman–Crippen LogP) is 11.7. The number of hydrogen-bond donors (Lipinski definition) is 0. The van der Waals surface area contributed by atoms with Crippen LogP contribution in [0.2, 0.25) is 0 Å². The number of para-hydroxylation sites is 2. The first-order chi connectivity index (χ1) is 24.8. The summed E-state index contributed by atoms with van der Waals surface area (Å²) < 4.78 is 8.96. The van der Waals surface area contributed by atoms with E-state index >= 15 is 0 Å². The van der Waals surface area contributed by atoms with Crippen molar-refractivity contribution < 1.29 is 4.42 Å². The quantitative estimate of drug-likeness (QED) is 0.181. The molecule has 0 fully saturated rings. The first-order valence-corrected chi connectivity index (χ1v) is 16.8. The van der Waals surface area contributed by atoms with Crippen molar-refractivity contribution in [2.75, 3.05) is 0 Å². The lowest BCUT2D eigenvalue weighted by molar-refractivity contribution is 0.672. The molecular weight excluding hydrogens is 613 g/mol. The zero-order chi connectivity index (χ0) is 32.8. The Morgan fingerprint density at radius 3 is 1.94 bits per heavy atom. The molecule has 5 heterocycles. The second-order valence-electron chi connectivity index (χ2n) is 12.8. The van der Waals surface area contributed by atoms with E-state index in [2.05, 4.69) is 126 Å². The molecule has 6 aromatic carbocycles. The maximum absolute atomic E-state index is 6.63. The normalized spacial score (nSPS) is 12.0. The summed E-state index contributed by atoms with van der Waals surface area (Å²) in [6, 6.07) is 50.8. The number of fused-ring (bicyclic) bond motifs is 13. The molecule has 0 bridgehead atoms. The number of benzene rings is 6. The highest BCUT2D eigenvalue weighted by molar-refractivity contribution is 6.34. The molecule has 0 atom stereocenters. The second kappa shape index (κ2) is 10.3. The summed E-state index contributed by atoms with van der Waals surface area (Å²) in [6.07, 6.45) is 3.75. The molecule has 50 heavy (non-hydrogen) atoms. The Morgan fingerprint density at radius 1 is 0.460 bits per heavy atom. The van der Waals surface area contributed by atoms with Crippen LogP contribution in [-0.4, -0.2) is 19.5 Å². The topological polar surface area (TPSA) is 56.7 Å². The Hall–Kier alpha value is -6.85. The Labute approximate surface area is 285 Å². The van der Waals surface area contributed by atoms with Gasteiger partial charge in [-0.15, -0.1) is 0 Å². The van der Waals surface area contributed by atoms with Crippen LogP contribution in [0, 0.1) is 0 Å². The Morgan fingerprint density at radius 2 is 1.12 bits per heavy atom. The third-order valence-electron chi connectivity index (χ3n) is 10.1. The van der Waals surface area contributed by atoms with Gasteiger partial charge in [0.15, 0.2) is 5.58 Å². The van der Waals surface area contributed by atoms with Gasteiger partial charge in [-0.25, -0.2) is 4.98 Å². The number of hydrogen-bond acceptors (Lipinski definition) is 4. The summed E-state index contributed by atoms with van der Waals surface area (Å²) >= 11 is 0. The zero-order valence-electron chi connectivity index (χ0n) is 26.7. The van der Waals surface area contributed by atoms with Gasteiger partial charge in [0.25, 0.3) is 0 Å². The molecule has 5 aromatic heterocycles. The van der Waals surface area contributed by atoms with Gasteiger partial charge in [0.1, 0.15) is 16.9 Å². The van der Waals surface area contributed by atoms with E-state index in [0.29, 0.717) is 0 Å². The summed E-state index contributed by atoms with van der Waals surface area (Å²) in [4.78, 5) is 15.5. The van der Waals surface area contributed by atoms with E-state index in [1.54, 1.807) is 0 Å². The molecule has 0 unspecified atom stereocenters. The average Bonchev–Trinajstić information content (AvgIpc) is 3.75. The SMILES string of the molecule is c1ccc(-c2ccnc3c2ccc2c(-c4ccccc4)cc(-n4c5ccccc5c5c6cccnc6c6oc7ccccc7c6c54)nc23)cc1. The van der Waals surface area contributed by atoms with Crippen LogP contribution in [0.25, 0.3) is 105 Å². The largest absolute Gasteiger partial charge is 0.454 e. The van der Waals surface area contributed by atoms with Crippen molar-refractivity contribution in [3.05, 3.63) is 158 Å². The van der Waals surface area contributed by atoms with Crippen LogP contribution in [0.3, 0.4) is 0 Å². The minimum absolute atomic E-state index is 0.780. The average molecular weight is 639 g/mol. The number of pyridine rings is 3. The highest BCUT2D eigenvalue weighted by Crippen LogP contribution is 2.46. The second-order valence-corrected chi connectivity index (χ2v) is 12.8. The highest BCUT2D eigenvalue weighted by Gasteiger charge is 2.25. The smallest absolute Gasteiger partial charge is 0.163 e. The summed E-state index contributed by atoms with van der Waals surface area (Å²) in [5.41, 5.74) is 10.8. The molecule has 0 saturated heterocycles. The molecule has 0 aliphatic heterocycles. The third-order valence-corrected chi connectivity index (χ3v) is 10.1. The first-order valence-electron chi connectivity index (χ1n) is 16.8. The minimum atomic E-state index is 0.780. The van der Waals surface area contributed by atoms with Crippen LogP contribution in [-0.2, 0) is 0 Å². The lowest BCUT2D eigenvalue weighted by Crippen LogP contribution is -2.01. The van der Waals surface area contributed by atoms with Gasteiger partial charge in [0.05, 0.1) is 27.5 Å². The fraction of sp³-hybridized carbons (Fsp3) is 0. The number of furan rings is 1. The monoisotopic (exact) mass is 638 g/mol. The van der Waals surface area contributed by atoms with Crippen molar-refractivity contribution in [1.82, 2.24) is 19.5 Å². The van der Waals surface area contributed by atoms with Gasteiger partial charge < -0.3 is 4.42 Å². The van der Waals surface area contributed by atoms with Gasteiger partial charge in [0, 0.05) is 44.7 Å². The molecule has 0 amide bonds. The highest BCUT2D eigenvalue weighted by atomic mass is 16.3. The Bertz CT molecular complexity index is 3140. The van der Waals surface area contributed by atoms with Crippen LogP contribution < -0.4 is 0 Å². The molecule has 0 spiro atoms. The summed E-state index contributed by atoms with van der Waals surface area (Å²) in [6.45, 7) is 0. The lowest BCUT2D eigenvalue weighted by Gasteiger charge is -2.15. The summed E-state index contributed by atoms with van der Waals surface area (Å²) in [5, 5.41) is 7.52. The minimum Gasteiger partial charge on any atom is -0.454 e. The fourth-order valence-corrected chi connectivity index (χ4v) is 7.95. The van der Waals surface area contributed by atoms with Crippen LogP contribution in [0.15, 0.2) is 162 Å². The maximum atomic E-state index is 6.63. The molecule has 11 aromatic rings. The Kier molecular flexibility index (Phi) is 5.60. The summed E-state index contributed by atoms with van der Waals surface area (Å²) in [7, 11) is 0. The molecule has 5 nitrogen and oxygen atoms in total. The fourth-order valence-electron chi connectivity index (χ4n) is 7.95. The molecule has 0 radical (unpaired) electrons. The van der Waals surface area contributed by atoms with E-state index in [-0.39, 0.29) is 0 Å². The molecule has 0 saturated carbocycles. The van der Waals surface area contributed by atoms with E-state index in [4.69, 9.17) is 19.4 Å². The molecule has 232 valence electrons. The van der Waals surface area contributed by atoms with Crippen LogP contribution in [0.1, 0.15) is 0 Å². The first kappa shape index (κ1) is 27.1. The molecule has 0 N–H and O–H groups in total. The standard InChI is InChI=1S/C45H26N4O/c1-3-12-27(13-4-1)29-23-25-47-41-30(29)21-22-31-35(28-14-5-2-6-15-28)26-38(48-42(31)41)49-36-19-9-7-16-32(36)39-34-18-11-24-46-43(34)45-40(44(39)49)33-17-8-10-20-37(33)50-45/h1-26H. The van der Waals surface area contributed by atoms with Crippen molar-refractivity contribution in [3.8, 4) is 28.1 Å². The van der Waals surface area contributed by atoms with Crippen molar-refractivity contribution in [2.45, 2.75) is 0 Å². The van der Waals surface area contributed by atoms with Crippen molar-refractivity contribution in [1.29, 1.82) is 0 Å². The maximum Gasteiger partial charge on any atom is 0.163 e. The number of aromatic nitrogens is 4. The number of rotatable bonds is 3. The lowest BCUT2D eigenvalue weighted by atomic mass is 9.96. The van der Waals surface area contributed by atoms with Gasteiger partial charge in [-0.2, -0.15) is 0 Å². The van der Waals surface area contributed by atoms with Crippen LogP contribution in [0.5, 0.6) is 0 Å². The van der Waals surface area contributed by atoms with E-state index in [9.17, 15) is 0 Å². The van der Waals surface area contributed by atoms with Crippen LogP contribution >= 0.6 is 0 Å². The molecule has 0 aliphatic carbocycles. The van der Waals surface area contributed by atoms with Gasteiger partial charge in [0.2, 0.25) is 0 Å². The van der Waals surface area contributed by atoms with Gasteiger partial charge >= 0.3 is 0 Å². The predicted molar refractivity (Wildman–Crippen MR) is 205 cm³/mol. The third kappa shape index (κ3) is 3.74. The van der Waals surface area contributed by atoms with E-state index in [1.807, 2.05) is 36.7 Å². The molecule has 5 heteroatoms. The van der Waals surface area contributed by atoms with Gasteiger partial charge in [-0.05, 0) is 52.6 Å². The van der Waals surface area contributed by atoms with E-state index in [0.717, 1.165) is 105 Å². The van der Waals surface area contributed by atoms with Crippen molar-refractivity contribution >= 4 is 76.5 Å². The van der Waals surface area contributed by atoms with Crippen molar-refractivity contribution in [3.63, 3.8) is 0 Å².